The predicted octanol–water partition coefficient (Wildman–Crippen LogP) is -8.23. The number of aliphatic carboxylic acids is 4. The van der Waals surface area contributed by atoms with Gasteiger partial charge in [-0.15, -0.1) is 0 Å². The molecule has 2 rings (SSSR count). The molecule has 0 aromatic heterocycles. The van der Waals surface area contributed by atoms with Gasteiger partial charge in [-0.3, -0.25) is 71.9 Å². The van der Waals surface area contributed by atoms with E-state index >= 15 is 0 Å². The van der Waals surface area contributed by atoms with Gasteiger partial charge >= 0.3 is 29.8 Å². The van der Waals surface area contributed by atoms with Crippen molar-refractivity contribution >= 4 is 100 Å². The molecule has 1 aromatic rings. The SMILES string of the molecule is CNCCCC1NC(=O)CNC(=O)C(NC(=O)C(N)CC(=O)O)C(C)OC(=O)C(CC(=O)c2ccccc2N)NC(=O)C(C(C)CC(=O)O)NC(=O)C(CO)NC(=O)CNC(=O)C(CC(=O)O)NC(=O)C(C)NC(=O)C(CC(=O)O)NC1=O. The third-order valence-electron chi connectivity index (χ3n) is 12.0. The summed E-state index contributed by atoms with van der Waals surface area (Å²) >= 11 is 0. The summed E-state index contributed by atoms with van der Waals surface area (Å²) in [6, 6.07) is -12.1. The number of benzene rings is 1. The Labute approximate surface area is 471 Å². The molecule has 458 valence electrons. The molecule has 83 heavy (non-hydrogen) atoms. The molecule has 11 unspecified atom stereocenters. The molecule has 1 fully saturated rings. The number of nitrogen functional groups attached to an aromatic ring is 1. The Hall–Kier alpha value is -9.38. The van der Waals surface area contributed by atoms with Gasteiger partial charge in [0.2, 0.25) is 59.1 Å². The third kappa shape index (κ3) is 24.1. The average molecular weight is 1180 g/mol. The second-order valence-electron chi connectivity index (χ2n) is 18.8. The van der Waals surface area contributed by atoms with E-state index in [0.29, 0.717) is 0 Å². The van der Waals surface area contributed by atoms with Crippen LogP contribution in [0, 0.1) is 5.92 Å². The van der Waals surface area contributed by atoms with Gasteiger partial charge < -0.3 is 100 Å². The van der Waals surface area contributed by atoms with Gasteiger partial charge in [-0.05, 0) is 58.3 Å². The van der Waals surface area contributed by atoms with Crippen molar-refractivity contribution in [2.45, 2.75) is 126 Å². The van der Waals surface area contributed by atoms with Gasteiger partial charge in [0.15, 0.2) is 5.78 Å². The number of aliphatic hydroxyl groups is 1. The summed E-state index contributed by atoms with van der Waals surface area (Å²) in [5.74, 6) is -23.4. The number of cyclic esters (lactones) is 1. The number of rotatable bonds is 19. The first-order valence-corrected chi connectivity index (χ1v) is 25.3. The first kappa shape index (κ1) is 69.7. The molecule has 0 radical (unpaired) electrons. The van der Waals surface area contributed by atoms with Crippen LogP contribution in [0.25, 0.3) is 0 Å². The lowest BCUT2D eigenvalue weighted by Crippen LogP contribution is -2.60. The number of ketones is 1. The second kappa shape index (κ2) is 34.0. The molecule has 1 heterocycles. The topological polar surface area (TPSA) is 568 Å². The number of hydrogen-bond donors (Lipinski definition) is 18. The molecule has 0 aliphatic carbocycles. The lowest BCUT2D eigenvalue weighted by molar-refractivity contribution is -0.156. The van der Waals surface area contributed by atoms with Crippen LogP contribution in [0.4, 0.5) is 5.69 Å². The quantitative estimate of drug-likeness (QED) is 0.0265. The molecule has 10 amide bonds. The second-order valence-corrected chi connectivity index (χ2v) is 18.8. The predicted molar refractivity (Wildman–Crippen MR) is 279 cm³/mol. The van der Waals surface area contributed by atoms with Gasteiger partial charge in [0.25, 0.3) is 0 Å². The van der Waals surface area contributed by atoms with Crippen LogP contribution < -0.4 is 70.0 Å². The lowest BCUT2D eigenvalue weighted by atomic mass is 9.96. The average Bonchev–Trinajstić information content (AvgIpc) is 3.46. The number of esters is 1. The van der Waals surface area contributed by atoms with Crippen LogP contribution in [-0.4, -0.2) is 214 Å². The van der Waals surface area contributed by atoms with Crippen LogP contribution in [-0.2, 0) is 76.7 Å². The van der Waals surface area contributed by atoms with Crippen molar-refractivity contribution in [1.82, 2.24) is 58.5 Å². The molecule has 1 aliphatic rings. The maximum absolute atomic E-state index is 14.2. The number of Topliss-reactive ketones (excluding diaryl/α,β-unsaturated/α-hetero) is 1. The van der Waals surface area contributed by atoms with Crippen molar-refractivity contribution in [3.05, 3.63) is 29.8 Å². The third-order valence-corrected chi connectivity index (χ3v) is 12.0. The molecule has 11 atom stereocenters. The van der Waals surface area contributed by atoms with Crippen LogP contribution in [0.3, 0.4) is 0 Å². The van der Waals surface area contributed by atoms with Crippen molar-refractivity contribution in [2.24, 2.45) is 11.7 Å². The van der Waals surface area contributed by atoms with E-state index in [4.69, 9.17) is 16.2 Å². The fraction of sp³-hybridized carbons (Fsp3) is 0.542. The molecule has 1 aromatic carbocycles. The van der Waals surface area contributed by atoms with Crippen molar-refractivity contribution < 1.29 is 107 Å². The zero-order valence-electron chi connectivity index (χ0n) is 45.3. The minimum Gasteiger partial charge on any atom is -0.481 e. The largest absolute Gasteiger partial charge is 0.481 e. The van der Waals surface area contributed by atoms with E-state index in [1.165, 1.54) is 31.3 Å². The van der Waals surface area contributed by atoms with Crippen molar-refractivity contribution in [2.75, 3.05) is 39.0 Å². The number of nitrogens with one attached hydrogen (secondary N) is 11. The molecule has 20 N–H and O–H groups in total. The van der Waals surface area contributed by atoms with Crippen LogP contribution >= 0.6 is 0 Å². The molecule has 1 aliphatic heterocycles. The molecular weight excluding hydrogens is 1110 g/mol. The Balaban J connectivity index is 2.84. The van der Waals surface area contributed by atoms with Gasteiger partial charge in [-0.1, -0.05) is 19.1 Å². The molecular formula is C48H69N13O22. The number of carboxylic acids is 4. The minimum atomic E-state index is -2.17. The summed E-state index contributed by atoms with van der Waals surface area (Å²) in [7, 11) is 1.54. The first-order valence-electron chi connectivity index (χ1n) is 25.3. The van der Waals surface area contributed by atoms with Gasteiger partial charge in [0.1, 0.15) is 54.4 Å². The monoisotopic (exact) mass is 1180 g/mol. The summed E-state index contributed by atoms with van der Waals surface area (Å²) < 4.78 is 5.51. The molecule has 35 heteroatoms. The molecule has 0 bridgehead atoms. The maximum Gasteiger partial charge on any atom is 0.329 e. The first-order chi connectivity index (χ1) is 38.9. The number of amides is 10. The van der Waals surface area contributed by atoms with E-state index in [-0.39, 0.29) is 30.6 Å². The molecule has 35 nitrogen and oxygen atoms in total. The number of hydrogen-bond acceptors (Lipinski definition) is 21. The maximum atomic E-state index is 14.2. The number of carbonyl (C=O) groups is 16. The highest BCUT2D eigenvalue weighted by molar-refractivity contribution is 6.04. The molecule has 0 spiro atoms. The summed E-state index contributed by atoms with van der Waals surface area (Å²) in [5, 5.41) is 72.2. The summed E-state index contributed by atoms with van der Waals surface area (Å²) in [5.41, 5.74) is 11.4. The van der Waals surface area contributed by atoms with Crippen LogP contribution in [0.15, 0.2) is 24.3 Å². The molecule has 1 saturated heterocycles. The Morgan fingerprint density at radius 3 is 1.70 bits per heavy atom. The van der Waals surface area contributed by atoms with Gasteiger partial charge in [0, 0.05) is 17.7 Å². The Kier molecular flexibility index (Phi) is 28.6. The van der Waals surface area contributed by atoms with Crippen LogP contribution in [0.1, 0.15) is 76.1 Å². The zero-order chi connectivity index (χ0) is 62.8. The van der Waals surface area contributed by atoms with E-state index in [1.807, 2.05) is 16.0 Å². The number of ether oxygens (including phenoxy) is 1. The standard InChI is InChI=1S/C48H69N13O22/c1-20(12-34(66)67)38-47(81)59-29(14-31(63)23-8-5-6-9-24(23)49)48(82)83-22(3)39(61-41(75)25(50)13-35(68)69)46(80)53-18-32(64)55-26(10-7-11-51-4)43(77)58-28(16-37(72)73)44(78)54-21(2)40(74)57-27(15-36(70)71)42(76)52-17-33(65)56-30(19-62)45(79)60-38/h5-6,8-9,20-22,25-30,38-39,51,62H,7,10-19,49-50H2,1-4H3,(H,52,76)(H,53,80)(H,54,78)(H,55,64)(H,56,65)(H,57,74)(H,58,77)(H,59,81)(H,60,79)(H,61,75)(H,66,67)(H,68,69)(H,70,71)(H,72,73). The van der Waals surface area contributed by atoms with E-state index in [1.54, 1.807) is 0 Å². The number of anilines is 1. The highest BCUT2D eigenvalue weighted by Gasteiger charge is 2.39. The minimum absolute atomic E-state index is 0.117. The van der Waals surface area contributed by atoms with E-state index in [9.17, 15) is 102 Å². The smallest absolute Gasteiger partial charge is 0.329 e. The summed E-state index contributed by atoms with van der Waals surface area (Å²) in [6.45, 7) is -0.0653. The van der Waals surface area contributed by atoms with Crippen LogP contribution in [0.2, 0.25) is 0 Å². The lowest BCUT2D eigenvalue weighted by Gasteiger charge is -2.29. The number of para-hydroxylation sites is 1. The number of carbonyl (C=O) groups excluding carboxylic acids is 12. The normalized spacial score (nSPS) is 24.2. The molecule has 0 saturated carbocycles. The Bertz CT molecular complexity index is 2620. The van der Waals surface area contributed by atoms with Gasteiger partial charge in [-0.25, -0.2) is 4.79 Å². The van der Waals surface area contributed by atoms with E-state index in [0.717, 1.165) is 20.8 Å². The van der Waals surface area contributed by atoms with Crippen molar-refractivity contribution in [3.63, 3.8) is 0 Å². The Morgan fingerprint density at radius 1 is 0.627 bits per heavy atom. The van der Waals surface area contributed by atoms with E-state index < -0.39 is 213 Å². The zero-order valence-corrected chi connectivity index (χ0v) is 45.3. The summed E-state index contributed by atoms with van der Waals surface area (Å²) in [6.07, 6.45) is -7.23. The van der Waals surface area contributed by atoms with Crippen molar-refractivity contribution in [3.8, 4) is 0 Å². The number of carboxylic acid groups (broad SMARTS) is 4. The Morgan fingerprint density at radius 2 is 1.14 bits per heavy atom. The van der Waals surface area contributed by atoms with Gasteiger partial charge in [0.05, 0.1) is 51.4 Å². The summed E-state index contributed by atoms with van der Waals surface area (Å²) in [4.78, 5) is 210. The number of nitrogens with two attached hydrogens (primary N) is 2. The van der Waals surface area contributed by atoms with Crippen LogP contribution in [0.5, 0.6) is 0 Å². The van der Waals surface area contributed by atoms with Crippen molar-refractivity contribution in [1.29, 1.82) is 0 Å². The fourth-order valence-corrected chi connectivity index (χ4v) is 7.61. The van der Waals surface area contributed by atoms with Gasteiger partial charge in [-0.2, -0.15) is 0 Å². The van der Waals surface area contributed by atoms with E-state index in [2.05, 4.69) is 42.5 Å². The number of aliphatic hydroxyl groups excluding tert-OH is 1. The highest BCUT2D eigenvalue weighted by atomic mass is 16.5. The highest BCUT2D eigenvalue weighted by Crippen LogP contribution is 2.17. The fourth-order valence-electron chi connectivity index (χ4n) is 7.61.